The summed E-state index contributed by atoms with van der Waals surface area (Å²) in [6.45, 7) is 5.01. The molecule has 312 valence electrons. The lowest BCUT2D eigenvalue weighted by molar-refractivity contribution is -0.136. The van der Waals surface area contributed by atoms with Crippen LogP contribution in [0.4, 0.5) is 30.4 Å². The Morgan fingerprint density at radius 3 is 2.55 bits per heavy atom. The van der Waals surface area contributed by atoms with Crippen molar-refractivity contribution in [3.05, 3.63) is 88.7 Å². The van der Waals surface area contributed by atoms with E-state index in [0.717, 1.165) is 69.3 Å². The minimum atomic E-state index is -2.70. The lowest BCUT2D eigenvalue weighted by atomic mass is 9.93. The molecule has 13 nitrogen and oxygen atoms in total. The average Bonchev–Trinajstić information content (AvgIpc) is 3.79. The normalized spacial score (nSPS) is 24.2. The number of anilines is 3. The van der Waals surface area contributed by atoms with E-state index in [-0.39, 0.29) is 49.0 Å². The van der Waals surface area contributed by atoms with E-state index < -0.39 is 41.6 Å². The first kappa shape index (κ1) is 38.3. The summed E-state index contributed by atoms with van der Waals surface area (Å²) in [5.41, 5.74) is 4.13. The van der Waals surface area contributed by atoms with E-state index in [1.54, 1.807) is 15.9 Å². The number of phenolic OH excluding ortho intramolecular Hbond substituents is 1. The second-order valence-electron chi connectivity index (χ2n) is 17.0. The Labute approximate surface area is 344 Å². The van der Waals surface area contributed by atoms with Crippen molar-refractivity contribution >= 4 is 34.9 Å². The number of ether oxygens (including phenoxy) is 1. The van der Waals surface area contributed by atoms with Crippen molar-refractivity contribution in [3.8, 4) is 22.8 Å². The Morgan fingerprint density at radius 1 is 0.900 bits per heavy atom. The van der Waals surface area contributed by atoms with Gasteiger partial charge in [0.05, 0.1) is 17.9 Å². The number of hydrogen-bond acceptors (Lipinski definition) is 11. The molecule has 3 N–H and O–H groups in total. The molecule has 0 unspecified atom stereocenters. The highest BCUT2D eigenvalue weighted by Crippen LogP contribution is 2.47. The number of amides is 3. The molecule has 3 saturated heterocycles. The summed E-state index contributed by atoms with van der Waals surface area (Å²) < 4.78 is 50.6. The van der Waals surface area contributed by atoms with Gasteiger partial charge >= 0.3 is 0 Å². The van der Waals surface area contributed by atoms with Gasteiger partial charge in [-0.2, -0.15) is 0 Å². The zero-order valence-electron chi connectivity index (χ0n) is 32.9. The number of aromatic nitrogens is 2. The molecule has 1 aromatic heterocycles. The van der Waals surface area contributed by atoms with Crippen LogP contribution in [0.15, 0.2) is 60.7 Å². The van der Waals surface area contributed by atoms with Crippen LogP contribution in [0.25, 0.3) is 11.3 Å². The number of piperidine rings is 2. The molecule has 0 radical (unpaired) electrons. The number of nitrogens with one attached hydrogen (secondary N) is 2. The fraction of sp³-hybridized carbons (Fsp3) is 0.432. The predicted molar refractivity (Wildman–Crippen MR) is 216 cm³/mol. The fourth-order valence-electron chi connectivity index (χ4n) is 10.1. The van der Waals surface area contributed by atoms with Gasteiger partial charge in [-0.25, -0.2) is 13.2 Å². The average molecular weight is 823 g/mol. The minimum absolute atomic E-state index is 0.0438. The molecule has 0 spiro atoms. The first-order valence-corrected chi connectivity index (χ1v) is 20.7. The molecule has 3 atom stereocenters. The number of rotatable bonds is 8. The maximum absolute atomic E-state index is 15.0. The van der Waals surface area contributed by atoms with Crippen LogP contribution in [-0.4, -0.2) is 106 Å². The first-order chi connectivity index (χ1) is 29.0. The van der Waals surface area contributed by atoms with Crippen LogP contribution in [0.5, 0.6) is 11.5 Å². The van der Waals surface area contributed by atoms with Crippen molar-refractivity contribution in [1.29, 1.82) is 0 Å². The second-order valence-corrected chi connectivity index (χ2v) is 17.0. The maximum atomic E-state index is 15.0. The molecule has 0 bridgehead atoms. The van der Waals surface area contributed by atoms with Gasteiger partial charge in [-0.1, -0.05) is 18.2 Å². The number of nitrogens with zero attached hydrogens (tertiary/aromatic N) is 6. The van der Waals surface area contributed by atoms with Gasteiger partial charge < -0.3 is 29.9 Å². The van der Waals surface area contributed by atoms with Crippen molar-refractivity contribution in [1.82, 2.24) is 25.3 Å². The largest absolute Gasteiger partial charge is 0.504 e. The van der Waals surface area contributed by atoms with E-state index in [1.807, 2.05) is 24.3 Å². The number of para-hydroxylation sites is 1. The summed E-state index contributed by atoms with van der Waals surface area (Å²) in [6.07, 6.45) is 0.349. The summed E-state index contributed by atoms with van der Waals surface area (Å²) in [4.78, 5) is 45.6. The van der Waals surface area contributed by atoms with Gasteiger partial charge in [0, 0.05) is 75.5 Å². The van der Waals surface area contributed by atoms with Crippen LogP contribution in [0, 0.1) is 11.7 Å². The molecule has 16 heteroatoms. The second kappa shape index (κ2) is 15.0. The molecule has 4 aromatic rings. The van der Waals surface area contributed by atoms with E-state index in [1.165, 1.54) is 23.3 Å². The Kier molecular flexibility index (Phi) is 9.56. The number of phenols is 1. The van der Waals surface area contributed by atoms with Gasteiger partial charge in [-0.3, -0.25) is 24.6 Å². The number of carbonyl (C=O) groups excluding carboxylic acids is 3. The minimum Gasteiger partial charge on any atom is -0.504 e. The Balaban J connectivity index is 0.747. The Hall–Kier alpha value is -5.90. The molecule has 3 aromatic carbocycles. The monoisotopic (exact) mass is 822 g/mol. The molecular weight excluding hydrogens is 778 g/mol. The predicted octanol–water partition coefficient (Wildman–Crippen LogP) is 5.11. The smallest absolute Gasteiger partial charge is 0.263 e. The van der Waals surface area contributed by atoms with Crippen LogP contribution in [0.1, 0.15) is 59.2 Å². The van der Waals surface area contributed by atoms with E-state index >= 15 is 0 Å². The third-order valence-electron chi connectivity index (χ3n) is 13.4. The quantitative estimate of drug-likeness (QED) is 0.204. The van der Waals surface area contributed by atoms with Gasteiger partial charge in [0.15, 0.2) is 17.4 Å². The lowest BCUT2D eigenvalue weighted by Gasteiger charge is -2.43. The Morgan fingerprint density at radius 2 is 1.73 bits per heavy atom. The molecule has 3 fully saturated rings. The van der Waals surface area contributed by atoms with E-state index in [9.17, 15) is 32.7 Å². The number of carbonyl (C=O) groups is 3. The number of aromatic hydroxyl groups is 1. The molecule has 6 aliphatic heterocycles. The van der Waals surface area contributed by atoms with Crippen molar-refractivity contribution in [2.24, 2.45) is 5.92 Å². The van der Waals surface area contributed by atoms with E-state index in [0.29, 0.717) is 41.7 Å². The molecule has 0 aliphatic carbocycles. The topological polar surface area (TPSA) is 143 Å². The van der Waals surface area contributed by atoms with Crippen molar-refractivity contribution in [2.75, 3.05) is 54.4 Å². The van der Waals surface area contributed by atoms with Crippen LogP contribution in [0.2, 0.25) is 0 Å². The number of hydrogen-bond donors (Lipinski definition) is 3. The first-order valence-electron chi connectivity index (χ1n) is 20.7. The summed E-state index contributed by atoms with van der Waals surface area (Å²) in [6, 6.07) is 17.1. The molecule has 0 saturated carbocycles. The van der Waals surface area contributed by atoms with Crippen LogP contribution < -0.4 is 25.2 Å². The number of fused-ring (bicyclic) bond motifs is 5. The molecule has 3 amide bonds. The zero-order valence-corrected chi connectivity index (χ0v) is 32.9. The van der Waals surface area contributed by atoms with Gasteiger partial charge in [-0.05, 0) is 90.8 Å². The molecule has 7 heterocycles. The Bertz CT molecular complexity index is 2390. The van der Waals surface area contributed by atoms with Crippen LogP contribution >= 0.6 is 0 Å². The number of halogens is 3. The molecule has 10 rings (SSSR count). The van der Waals surface area contributed by atoms with Gasteiger partial charge in [0.1, 0.15) is 23.4 Å². The van der Waals surface area contributed by atoms with Crippen molar-refractivity contribution < 1.29 is 37.4 Å². The summed E-state index contributed by atoms with van der Waals surface area (Å²) in [7, 11) is 0. The van der Waals surface area contributed by atoms with Gasteiger partial charge in [0.2, 0.25) is 11.8 Å². The maximum Gasteiger partial charge on any atom is 0.263 e. The van der Waals surface area contributed by atoms with Crippen molar-refractivity contribution in [3.63, 3.8) is 0 Å². The zero-order chi connectivity index (χ0) is 41.3. The highest BCUT2D eigenvalue weighted by atomic mass is 19.3. The number of imide groups is 1. The van der Waals surface area contributed by atoms with Crippen LogP contribution in [0.3, 0.4) is 0 Å². The van der Waals surface area contributed by atoms with Gasteiger partial charge in [0.25, 0.3) is 12.3 Å². The fourth-order valence-corrected chi connectivity index (χ4v) is 10.1. The highest BCUT2D eigenvalue weighted by Gasteiger charge is 2.56. The van der Waals surface area contributed by atoms with E-state index in [2.05, 4.69) is 42.8 Å². The highest BCUT2D eigenvalue weighted by molar-refractivity contribution is 6.05. The van der Waals surface area contributed by atoms with E-state index in [4.69, 9.17) is 4.74 Å². The number of alkyl halides is 2. The molecule has 6 aliphatic rings. The standard InChI is InChI=1S/C44H45F3N8O5/c45-34-3-1-2-32(39(34)57)35-18-37-40(51-50-35)48-24-44(43(46)47)19-31(23-55(37)44)60-30-7-5-27-21-52(13-12-26(27)16-30)20-25-10-14-53(15-11-25)29-6-4-28-22-54(42(59)33(28)17-29)36-8-9-38(56)49-41(36)58/h1-7,16-18,25,31,36,43,57H,8-15,19-24H2,(H,48,51)(H,49,56,58)/t31-,36+,44-/m1/s1. The molecule has 60 heavy (non-hydrogen) atoms. The lowest BCUT2D eigenvalue weighted by Crippen LogP contribution is -2.57. The summed E-state index contributed by atoms with van der Waals surface area (Å²) in [5, 5.41) is 24.1. The van der Waals surface area contributed by atoms with Gasteiger partial charge in [-0.15, -0.1) is 10.2 Å². The third-order valence-corrected chi connectivity index (χ3v) is 13.4. The SMILES string of the molecule is O=C1CC[C@H](N2Cc3ccc(N4CCC(CN5CCc6cc(O[C@H]7CN8c9cc(-c%10cccc(F)c%10O)nnc9NC[C@@]8(C(F)F)C7)ccc6C5)CC4)cc3C2=O)C(=O)N1. The van der Waals surface area contributed by atoms with Crippen LogP contribution in [-0.2, 0) is 29.1 Å². The summed E-state index contributed by atoms with van der Waals surface area (Å²) >= 11 is 0. The molecular formula is C44H45F3N8O5. The number of benzene rings is 3. The third kappa shape index (κ3) is 6.74. The summed E-state index contributed by atoms with van der Waals surface area (Å²) in [5.74, 6) is -0.722. The van der Waals surface area contributed by atoms with Crippen molar-refractivity contribution in [2.45, 2.75) is 75.7 Å².